The van der Waals surface area contributed by atoms with Crippen molar-refractivity contribution >= 4 is 12.0 Å². The van der Waals surface area contributed by atoms with Crippen LogP contribution in [0, 0.1) is 0 Å². The molecule has 1 spiro atoms. The van der Waals surface area contributed by atoms with Crippen LogP contribution < -0.4 is 0 Å². The number of hydrogen-bond donors (Lipinski definition) is 0. The van der Waals surface area contributed by atoms with E-state index < -0.39 is 5.60 Å². The van der Waals surface area contributed by atoms with Crippen molar-refractivity contribution in [2.75, 3.05) is 19.6 Å². The molecule has 2 fully saturated rings. The molecule has 1 atom stereocenters. The molecule has 0 N–H and O–H groups in total. The predicted molar refractivity (Wildman–Crippen MR) is 96.8 cm³/mol. The molecule has 2 amide bonds. The van der Waals surface area contributed by atoms with E-state index in [0.717, 1.165) is 25.1 Å². The van der Waals surface area contributed by atoms with Gasteiger partial charge >= 0.3 is 6.09 Å². The Kier molecular flexibility index (Phi) is 5.44. The highest BCUT2D eigenvalue weighted by Gasteiger charge is 2.48. The maximum atomic E-state index is 12.7. The minimum atomic E-state index is -0.446. The van der Waals surface area contributed by atoms with Crippen LogP contribution in [0.15, 0.2) is 12.4 Å². The lowest BCUT2D eigenvalue weighted by atomic mass is 9.90. The average Bonchev–Trinajstić information content (AvgIpc) is 2.98. The first kappa shape index (κ1) is 18.6. The van der Waals surface area contributed by atoms with Gasteiger partial charge in [0.15, 0.2) is 0 Å². The van der Waals surface area contributed by atoms with E-state index in [4.69, 9.17) is 4.74 Å². The van der Waals surface area contributed by atoms with Gasteiger partial charge in [-0.1, -0.05) is 20.3 Å². The van der Waals surface area contributed by atoms with Crippen LogP contribution in [0.25, 0.3) is 0 Å². The van der Waals surface area contributed by atoms with Crippen LogP contribution in [0.5, 0.6) is 0 Å². The summed E-state index contributed by atoms with van der Waals surface area (Å²) in [6, 6.07) is 0.195. The Hall–Kier alpha value is -2.18. The first-order valence-corrected chi connectivity index (χ1v) is 9.58. The number of hydrogen-bond acceptors (Lipinski definition) is 5. The van der Waals surface area contributed by atoms with Crippen molar-refractivity contribution < 1.29 is 14.3 Å². The monoisotopic (exact) mass is 360 g/mol. The van der Waals surface area contributed by atoms with Crippen molar-refractivity contribution in [2.24, 2.45) is 0 Å². The third-order valence-electron chi connectivity index (χ3n) is 5.47. The van der Waals surface area contributed by atoms with Gasteiger partial charge in [-0.25, -0.2) is 14.8 Å². The molecule has 0 aromatic carbocycles. The Labute approximate surface area is 154 Å². The van der Waals surface area contributed by atoms with Gasteiger partial charge in [0.25, 0.3) is 5.91 Å². The maximum Gasteiger partial charge on any atom is 0.410 e. The average molecular weight is 360 g/mol. The molecular weight excluding hydrogens is 332 g/mol. The van der Waals surface area contributed by atoms with Crippen molar-refractivity contribution in [3.05, 3.63) is 23.8 Å². The van der Waals surface area contributed by atoms with Crippen LogP contribution in [-0.4, -0.2) is 63.0 Å². The molecule has 0 saturated carbocycles. The normalized spacial score (nSPS) is 20.3. The fourth-order valence-electron chi connectivity index (χ4n) is 3.77. The summed E-state index contributed by atoms with van der Waals surface area (Å²) in [7, 11) is 0. The summed E-state index contributed by atoms with van der Waals surface area (Å²) in [4.78, 5) is 37.0. The van der Waals surface area contributed by atoms with E-state index in [1.165, 1.54) is 0 Å². The highest BCUT2D eigenvalue weighted by molar-refractivity contribution is 5.93. The molecule has 1 aromatic heterocycles. The fraction of sp³-hybridized carbons (Fsp3) is 0.684. The number of carbonyl (C=O) groups excluding carboxylic acids is 2. The summed E-state index contributed by atoms with van der Waals surface area (Å²) in [5.74, 6) is 0.682. The first-order chi connectivity index (χ1) is 12.5. The molecule has 26 heavy (non-hydrogen) atoms. The molecule has 0 bridgehead atoms. The van der Waals surface area contributed by atoms with Crippen molar-refractivity contribution in [3.8, 4) is 0 Å². The Bertz CT molecular complexity index is 653. The number of likely N-dealkylation sites (tertiary alicyclic amines) is 1. The molecule has 2 aliphatic rings. The summed E-state index contributed by atoms with van der Waals surface area (Å²) >= 11 is 0. The van der Waals surface area contributed by atoms with Crippen LogP contribution >= 0.6 is 0 Å². The molecule has 7 heteroatoms. The second-order valence-corrected chi connectivity index (χ2v) is 7.35. The van der Waals surface area contributed by atoms with Gasteiger partial charge in [0.2, 0.25) is 0 Å². The van der Waals surface area contributed by atoms with E-state index in [0.29, 0.717) is 38.0 Å². The number of rotatable bonds is 5. The summed E-state index contributed by atoms with van der Waals surface area (Å²) in [6.07, 6.45) is 7.10. The summed E-state index contributed by atoms with van der Waals surface area (Å²) in [5, 5.41) is 0. The Balaban J connectivity index is 1.60. The number of carbonyl (C=O) groups is 2. The van der Waals surface area contributed by atoms with Gasteiger partial charge in [0, 0.05) is 50.8 Å². The van der Waals surface area contributed by atoms with Gasteiger partial charge in [0.05, 0.1) is 12.1 Å². The lowest BCUT2D eigenvalue weighted by molar-refractivity contribution is 0.00304. The highest BCUT2D eigenvalue weighted by atomic mass is 16.6. The molecule has 0 radical (unpaired) electrons. The highest BCUT2D eigenvalue weighted by Crippen LogP contribution is 2.35. The van der Waals surface area contributed by atoms with Crippen molar-refractivity contribution in [3.63, 3.8) is 0 Å². The van der Waals surface area contributed by atoms with Gasteiger partial charge in [-0.05, 0) is 13.3 Å². The van der Waals surface area contributed by atoms with Crippen LogP contribution in [-0.2, 0) is 11.2 Å². The number of ether oxygens (including phenoxy) is 1. The third kappa shape index (κ3) is 3.66. The van der Waals surface area contributed by atoms with Crippen molar-refractivity contribution in [1.29, 1.82) is 0 Å². The van der Waals surface area contributed by atoms with E-state index in [2.05, 4.69) is 23.8 Å². The van der Waals surface area contributed by atoms with Gasteiger partial charge in [-0.3, -0.25) is 4.79 Å². The fourth-order valence-corrected chi connectivity index (χ4v) is 3.77. The summed E-state index contributed by atoms with van der Waals surface area (Å²) in [5.41, 5.74) is 0.0677. The minimum Gasteiger partial charge on any atom is -0.441 e. The number of nitrogens with zero attached hydrogens (tertiary/aromatic N) is 4. The molecule has 3 rings (SSSR count). The molecule has 142 valence electrons. The molecule has 1 aromatic rings. The predicted octanol–water partition coefficient (Wildman–Crippen LogP) is 2.65. The van der Waals surface area contributed by atoms with Crippen LogP contribution in [0.3, 0.4) is 0 Å². The largest absolute Gasteiger partial charge is 0.441 e. The zero-order chi connectivity index (χ0) is 18.7. The van der Waals surface area contributed by atoms with Gasteiger partial charge in [-0.15, -0.1) is 0 Å². The van der Waals surface area contributed by atoms with Crippen LogP contribution in [0.2, 0.25) is 0 Å². The molecule has 2 saturated heterocycles. The SMILES string of the molecule is CCC[C@H](C)N1CC2(CCN(C(=O)c3cnc(CC)nc3)CC2)OC1=O. The van der Waals surface area contributed by atoms with Crippen LogP contribution in [0.4, 0.5) is 4.79 Å². The van der Waals surface area contributed by atoms with Gasteiger partial charge in [-0.2, -0.15) is 0 Å². The summed E-state index contributed by atoms with van der Waals surface area (Å²) in [6.45, 7) is 7.96. The second kappa shape index (κ2) is 7.60. The third-order valence-corrected chi connectivity index (χ3v) is 5.47. The lowest BCUT2D eigenvalue weighted by Gasteiger charge is -2.37. The topological polar surface area (TPSA) is 75.6 Å². The molecular formula is C19H28N4O3. The lowest BCUT2D eigenvalue weighted by Crippen LogP contribution is -2.49. The Morgan fingerprint density at radius 2 is 1.92 bits per heavy atom. The Morgan fingerprint density at radius 3 is 2.50 bits per heavy atom. The van der Waals surface area contributed by atoms with Crippen molar-refractivity contribution in [2.45, 2.75) is 64.5 Å². The number of piperidine rings is 1. The first-order valence-electron chi connectivity index (χ1n) is 9.58. The molecule has 2 aliphatic heterocycles. The quantitative estimate of drug-likeness (QED) is 0.807. The smallest absolute Gasteiger partial charge is 0.410 e. The summed E-state index contributed by atoms with van der Waals surface area (Å²) < 4.78 is 5.76. The Morgan fingerprint density at radius 1 is 1.27 bits per heavy atom. The number of aryl methyl sites for hydroxylation is 1. The van der Waals surface area contributed by atoms with Gasteiger partial charge < -0.3 is 14.5 Å². The van der Waals surface area contributed by atoms with E-state index in [1.807, 2.05) is 16.7 Å². The second-order valence-electron chi connectivity index (χ2n) is 7.35. The minimum absolute atomic E-state index is 0.0527. The zero-order valence-corrected chi connectivity index (χ0v) is 15.9. The maximum absolute atomic E-state index is 12.7. The van der Waals surface area contributed by atoms with E-state index in [9.17, 15) is 9.59 Å². The van der Waals surface area contributed by atoms with Gasteiger partial charge in [0.1, 0.15) is 11.4 Å². The number of aromatic nitrogens is 2. The number of amides is 2. The van der Waals surface area contributed by atoms with Crippen LogP contribution in [0.1, 0.15) is 62.6 Å². The molecule has 0 aliphatic carbocycles. The molecule has 0 unspecified atom stereocenters. The van der Waals surface area contributed by atoms with E-state index >= 15 is 0 Å². The van der Waals surface area contributed by atoms with Crippen molar-refractivity contribution in [1.82, 2.24) is 19.8 Å². The van der Waals surface area contributed by atoms with E-state index in [1.54, 1.807) is 12.4 Å². The molecule has 7 nitrogen and oxygen atoms in total. The zero-order valence-electron chi connectivity index (χ0n) is 15.9. The standard InChI is InChI=1S/C19H28N4O3/c1-4-6-14(3)23-13-19(26-18(23)25)7-9-22(10-8-19)17(24)15-11-20-16(5-2)21-12-15/h11-12,14H,4-10,13H2,1-3H3/t14-/m0/s1. The van der Waals surface area contributed by atoms with E-state index in [-0.39, 0.29) is 18.0 Å². The molecule has 3 heterocycles.